The smallest absolute Gasteiger partial charge is 0.254 e. The third kappa shape index (κ3) is 4.61. The van der Waals surface area contributed by atoms with Gasteiger partial charge in [-0.3, -0.25) is 9.59 Å². The van der Waals surface area contributed by atoms with Gasteiger partial charge in [0.1, 0.15) is 0 Å². The highest BCUT2D eigenvalue weighted by molar-refractivity contribution is 7.83. The van der Waals surface area contributed by atoms with Gasteiger partial charge < -0.3 is 4.90 Å². The van der Waals surface area contributed by atoms with E-state index in [1.165, 1.54) is 4.90 Å². The van der Waals surface area contributed by atoms with E-state index in [-0.39, 0.29) is 18.2 Å². The molecule has 0 heterocycles. The minimum atomic E-state index is -1.28. The molecule has 0 spiro atoms. The molecule has 1 atom stereocenters. The van der Waals surface area contributed by atoms with E-state index in [2.05, 4.69) is 10.6 Å². The second-order valence-corrected chi connectivity index (χ2v) is 5.39. The van der Waals surface area contributed by atoms with Crippen LogP contribution in [0.15, 0.2) is 24.3 Å². The van der Waals surface area contributed by atoms with Crippen molar-refractivity contribution in [3.63, 3.8) is 0 Å². The molecule has 1 N–H and O–H groups in total. The van der Waals surface area contributed by atoms with Crippen molar-refractivity contribution >= 4 is 23.2 Å². The summed E-state index contributed by atoms with van der Waals surface area (Å²) in [6, 6.07) is 6.57. The Bertz CT molecular complexity index is 552. The Hall–Kier alpha value is -1.97. The second-order valence-electron chi connectivity index (χ2n) is 4.01. The van der Waals surface area contributed by atoms with Crippen LogP contribution in [0.25, 0.3) is 0 Å². The van der Waals surface area contributed by atoms with E-state index in [4.69, 9.17) is 6.42 Å². The van der Waals surface area contributed by atoms with Crippen molar-refractivity contribution in [2.75, 3.05) is 25.9 Å². The van der Waals surface area contributed by atoms with E-state index in [1.54, 1.807) is 31.3 Å². The maximum Gasteiger partial charge on any atom is 0.254 e. The van der Waals surface area contributed by atoms with Crippen LogP contribution in [0.2, 0.25) is 0 Å². The van der Waals surface area contributed by atoms with Crippen LogP contribution in [0, 0.1) is 12.3 Å². The molecule has 1 aromatic carbocycles. The van der Waals surface area contributed by atoms with Crippen molar-refractivity contribution in [2.24, 2.45) is 0 Å². The average Bonchev–Trinajstić information content (AvgIpc) is 2.49. The molecule has 1 rings (SSSR count). The molecule has 0 aliphatic carbocycles. The lowest BCUT2D eigenvalue weighted by atomic mass is 10.1. The van der Waals surface area contributed by atoms with E-state index in [1.807, 2.05) is 0 Å². The fourth-order valence-electron chi connectivity index (χ4n) is 1.52. The predicted octanol–water partition coefficient (Wildman–Crippen LogP) is 0.458. The van der Waals surface area contributed by atoms with Gasteiger partial charge in [-0.1, -0.05) is 24.1 Å². The Kier molecular flexibility index (Phi) is 6.64. The molecule has 0 bridgehead atoms. The number of nitrogens with zero attached hydrogens (tertiary/aromatic N) is 1. The molecule has 0 saturated carbocycles. The summed E-state index contributed by atoms with van der Waals surface area (Å²) in [5.41, 5.74) is 0.684. The largest absolute Gasteiger partial charge is 0.341 e. The first-order chi connectivity index (χ1) is 9.60. The number of aldehydes is 1. The molecule has 5 nitrogen and oxygen atoms in total. The van der Waals surface area contributed by atoms with Gasteiger partial charge in [0, 0.05) is 19.2 Å². The lowest BCUT2D eigenvalue weighted by molar-refractivity contribution is 0.0800. The minimum absolute atomic E-state index is 0.220. The van der Waals surface area contributed by atoms with Crippen LogP contribution in [0.4, 0.5) is 0 Å². The van der Waals surface area contributed by atoms with Crippen molar-refractivity contribution in [1.29, 1.82) is 0 Å². The van der Waals surface area contributed by atoms with Crippen molar-refractivity contribution in [2.45, 2.75) is 0 Å². The molecule has 1 aromatic rings. The number of terminal acetylenes is 1. The van der Waals surface area contributed by atoms with Crippen LogP contribution in [-0.4, -0.2) is 47.2 Å². The number of benzene rings is 1. The van der Waals surface area contributed by atoms with Crippen molar-refractivity contribution < 1.29 is 13.8 Å². The molecule has 0 saturated heterocycles. The lowest BCUT2D eigenvalue weighted by Gasteiger charge is -2.17. The number of carbonyl (C=O) groups excluding carboxylic acids is 2. The zero-order valence-electron chi connectivity index (χ0n) is 11.2. The Balaban J connectivity index is 2.61. The summed E-state index contributed by atoms with van der Waals surface area (Å²) >= 11 is 0. The molecule has 0 aliphatic heterocycles. The number of hydrogen-bond donors (Lipinski definition) is 1. The third-order valence-corrected chi connectivity index (χ3v) is 3.63. The Morgan fingerprint density at radius 2 is 2.20 bits per heavy atom. The molecule has 1 amide bonds. The van der Waals surface area contributed by atoms with Crippen LogP contribution >= 0.6 is 0 Å². The first-order valence-electron chi connectivity index (χ1n) is 5.95. The second kappa shape index (κ2) is 8.25. The molecule has 0 aromatic heterocycles. The van der Waals surface area contributed by atoms with E-state index in [0.29, 0.717) is 24.0 Å². The Morgan fingerprint density at radius 1 is 1.50 bits per heavy atom. The highest BCUT2D eigenvalue weighted by Gasteiger charge is 2.15. The first kappa shape index (κ1) is 16.1. The van der Waals surface area contributed by atoms with Gasteiger partial charge in [0.2, 0.25) is 0 Å². The summed E-state index contributed by atoms with van der Waals surface area (Å²) in [7, 11) is 0.323. The number of rotatable bonds is 7. The molecule has 0 aliphatic rings. The van der Waals surface area contributed by atoms with Gasteiger partial charge in [-0.2, -0.15) is 0 Å². The number of amides is 1. The zero-order valence-corrected chi connectivity index (χ0v) is 12.0. The van der Waals surface area contributed by atoms with E-state index in [9.17, 15) is 13.8 Å². The summed E-state index contributed by atoms with van der Waals surface area (Å²) in [6.07, 6.45) is 5.69. The Morgan fingerprint density at radius 3 is 2.85 bits per heavy atom. The molecule has 1 unspecified atom stereocenters. The summed E-state index contributed by atoms with van der Waals surface area (Å²) in [5, 5.41) is 0. The molecular formula is C14H16N2O3S. The highest BCUT2D eigenvalue weighted by Crippen LogP contribution is 2.09. The fraction of sp³-hybridized carbons (Fsp3) is 0.286. The van der Waals surface area contributed by atoms with Gasteiger partial charge in [0.25, 0.3) is 5.91 Å². The molecule has 0 fully saturated rings. The summed E-state index contributed by atoms with van der Waals surface area (Å²) in [4.78, 5) is 24.5. The minimum Gasteiger partial charge on any atom is -0.341 e. The van der Waals surface area contributed by atoms with Gasteiger partial charge >= 0.3 is 0 Å². The van der Waals surface area contributed by atoms with Crippen LogP contribution in [0.3, 0.4) is 0 Å². The molecule has 20 heavy (non-hydrogen) atoms. The third-order valence-electron chi connectivity index (χ3n) is 2.61. The van der Waals surface area contributed by atoms with Gasteiger partial charge in [-0.05, 0) is 6.07 Å². The van der Waals surface area contributed by atoms with Crippen molar-refractivity contribution in [3.05, 3.63) is 35.4 Å². The number of hydrogen-bond acceptors (Lipinski definition) is 3. The summed E-state index contributed by atoms with van der Waals surface area (Å²) in [6.45, 7) is 0.522. The Labute approximate surface area is 120 Å². The SMILES string of the molecule is C#CCNS(=O)CCN(C)C(=O)c1ccccc1C=O. The van der Waals surface area contributed by atoms with E-state index >= 15 is 0 Å². The van der Waals surface area contributed by atoms with E-state index in [0.717, 1.165) is 0 Å². The highest BCUT2D eigenvalue weighted by atomic mass is 32.2. The molecule has 6 heteroatoms. The lowest BCUT2D eigenvalue weighted by Crippen LogP contribution is -2.33. The zero-order chi connectivity index (χ0) is 15.0. The van der Waals surface area contributed by atoms with Crippen molar-refractivity contribution in [3.8, 4) is 12.3 Å². The quantitative estimate of drug-likeness (QED) is 0.586. The summed E-state index contributed by atoms with van der Waals surface area (Å²) < 4.78 is 14.1. The predicted molar refractivity (Wildman–Crippen MR) is 78.6 cm³/mol. The maximum atomic E-state index is 12.2. The number of carbonyl (C=O) groups is 2. The number of nitrogens with one attached hydrogen (secondary N) is 1. The van der Waals surface area contributed by atoms with Gasteiger partial charge in [-0.15, -0.1) is 6.42 Å². The van der Waals surface area contributed by atoms with Crippen LogP contribution in [-0.2, 0) is 11.0 Å². The normalized spacial score (nSPS) is 11.4. The standard InChI is InChI=1S/C14H16N2O3S/c1-3-8-15-20(19)10-9-16(2)14(18)13-7-5-4-6-12(13)11-17/h1,4-7,11,15H,8-10H2,2H3. The molecule has 106 valence electrons. The average molecular weight is 292 g/mol. The monoisotopic (exact) mass is 292 g/mol. The first-order valence-corrected chi connectivity index (χ1v) is 7.27. The van der Waals surface area contributed by atoms with Gasteiger partial charge in [0.05, 0.1) is 28.8 Å². The molecular weight excluding hydrogens is 276 g/mol. The fourth-order valence-corrected chi connectivity index (χ4v) is 2.34. The maximum absolute atomic E-state index is 12.2. The van der Waals surface area contributed by atoms with E-state index < -0.39 is 11.0 Å². The van der Waals surface area contributed by atoms with Crippen LogP contribution in [0.1, 0.15) is 20.7 Å². The van der Waals surface area contributed by atoms with Gasteiger partial charge in [-0.25, -0.2) is 8.93 Å². The van der Waals surface area contributed by atoms with Crippen LogP contribution < -0.4 is 4.72 Å². The van der Waals surface area contributed by atoms with Gasteiger partial charge in [0.15, 0.2) is 6.29 Å². The topological polar surface area (TPSA) is 66.5 Å². The molecule has 0 radical (unpaired) electrons. The van der Waals surface area contributed by atoms with Crippen LogP contribution in [0.5, 0.6) is 0 Å². The van der Waals surface area contributed by atoms with Crippen molar-refractivity contribution in [1.82, 2.24) is 9.62 Å². The summed E-state index contributed by atoms with van der Waals surface area (Å²) in [5.74, 6) is 2.32.